The molecule has 1 heterocycles. The lowest BCUT2D eigenvalue weighted by Crippen LogP contribution is -2.36. The Labute approximate surface area is 110 Å². The van der Waals surface area contributed by atoms with Crippen LogP contribution in [0.1, 0.15) is 20.3 Å². The van der Waals surface area contributed by atoms with Gasteiger partial charge in [0.25, 0.3) is 0 Å². The number of amides is 1. The number of rotatable bonds is 6. The number of nitro groups is 1. The van der Waals surface area contributed by atoms with Crippen LogP contribution in [0.25, 0.3) is 0 Å². The summed E-state index contributed by atoms with van der Waals surface area (Å²) < 4.78 is 4.92. The highest BCUT2D eigenvalue weighted by molar-refractivity contribution is 5.76. The molecule has 1 aromatic heterocycles. The Morgan fingerprint density at radius 2 is 2.21 bits per heavy atom. The van der Waals surface area contributed by atoms with Gasteiger partial charge >= 0.3 is 5.69 Å². The van der Waals surface area contributed by atoms with Crippen LogP contribution >= 0.6 is 0 Å². The third-order valence-electron chi connectivity index (χ3n) is 2.33. The fourth-order valence-electron chi connectivity index (χ4n) is 1.59. The van der Waals surface area contributed by atoms with E-state index < -0.39 is 16.4 Å². The lowest BCUT2D eigenvalue weighted by Gasteiger charge is -2.25. The molecule has 8 nitrogen and oxygen atoms in total. The summed E-state index contributed by atoms with van der Waals surface area (Å²) in [5, 5.41) is 13.8. The number of aromatic nitrogens is 1. The SMILES string of the molecule is COc1ccc([N+](=O)[O-])c(NC(C)(C)CC(N)=O)n1. The summed E-state index contributed by atoms with van der Waals surface area (Å²) in [5.74, 6) is -0.235. The van der Waals surface area contributed by atoms with Crippen LogP contribution in [0.3, 0.4) is 0 Å². The van der Waals surface area contributed by atoms with Crippen LogP contribution in [0.4, 0.5) is 11.5 Å². The smallest absolute Gasteiger partial charge is 0.311 e. The van der Waals surface area contributed by atoms with Gasteiger partial charge in [0.15, 0.2) is 0 Å². The van der Waals surface area contributed by atoms with Gasteiger partial charge < -0.3 is 15.8 Å². The average Bonchev–Trinajstić information content (AvgIpc) is 2.25. The number of methoxy groups -OCH3 is 1. The van der Waals surface area contributed by atoms with E-state index in [4.69, 9.17) is 10.5 Å². The first-order chi connectivity index (χ1) is 8.75. The minimum atomic E-state index is -0.754. The highest BCUT2D eigenvalue weighted by Crippen LogP contribution is 2.28. The third kappa shape index (κ3) is 4.09. The summed E-state index contributed by atoms with van der Waals surface area (Å²) >= 11 is 0. The highest BCUT2D eigenvalue weighted by atomic mass is 16.6. The van der Waals surface area contributed by atoms with Gasteiger partial charge in [0.05, 0.1) is 12.0 Å². The molecule has 19 heavy (non-hydrogen) atoms. The maximum absolute atomic E-state index is 11.0. The monoisotopic (exact) mass is 268 g/mol. The van der Waals surface area contributed by atoms with Gasteiger partial charge in [-0.05, 0) is 13.8 Å². The molecule has 0 aliphatic heterocycles. The third-order valence-corrected chi connectivity index (χ3v) is 2.33. The van der Waals surface area contributed by atoms with E-state index in [0.29, 0.717) is 0 Å². The van der Waals surface area contributed by atoms with Crippen molar-refractivity contribution in [2.45, 2.75) is 25.8 Å². The molecular weight excluding hydrogens is 252 g/mol. The van der Waals surface area contributed by atoms with E-state index in [9.17, 15) is 14.9 Å². The normalized spacial score (nSPS) is 10.9. The van der Waals surface area contributed by atoms with Crippen LogP contribution in [0.5, 0.6) is 5.88 Å². The van der Waals surface area contributed by atoms with Gasteiger partial charge in [0, 0.05) is 24.1 Å². The maximum Gasteiger partial charge on any atom is 0.311 e. The lowest BCUT2D eigenvalue weighted by molar-refractivity contribution is -0.384. The molecule has 1 aromatic rings. The minimum absolute atomic E-state index is 0.0169. The van der Waals surface area contributed by atoms with Gasteiger partial charge in [-0.25, -0.2) is 0 Å². The number of hydrogen-bond acceptors (Lipinski definition) is 6. The molecule has 0 aliphatic carbocycles. The van der Waals surface area contributed by atoms with Crippen LogP contribution in [-0.4, -0.2) is 28.5 Å². The van der Waals surface area contributed by atoms with Crippen molar-refractivity contribution in [2.24, 2.45) is 5.73 Å². The van der Waals surface area contributed by atoms with Gasteiger partial charge in [-0.2, -0.15) is 4.98 Å². The average molecular weight is 268 g/mol. The molecule has 0 aliphatic rings. The number of anilines is 1. The Hall–Kier alpha value is -2.38. The van der Waals surface area contributed by atoms with Crippen LogP contribution in [-0.2, 0) is 4.79 Å². The lowest BCUT2D eigenvalue weighted by atomic mass is 10.0. The number of nitrogens with one attached hydrogen (secondary N) is 1. The highest BCUT2D eigenvalue weighted by Gasteiger charge is 2.26. The topological polar surface area (TPSA) is 120 Å². The Kier molecular flexibility index (Phi) is 4.26. The fraction of sp³-hybridized carbons (Fsp3) is 0.455. The van der Waals surface area contributed by atoms with E-state index in [1.165, 1.54) is 19.2 Å². The summed E-state index contributed by atoms with van der Waals surface area (Å²) in [5.41, 5.74) is 4.18. The molecule has 8 heteroatoms. The van der Waals surface area contributed by atoms with Crippen LogP contribution in [0.15, 0.2) is 12.1 Å². The summed E-state index contributed by atoms with van der Waals surface area (Å²) in [7, 11) is 1.41. The Balaban J connectivity index is 3.10. The number of primary amides is 1. The number of nitrogens with zero attached hydrogens (tertiary/aromatic N) is 2. The van der Waals surface area contributed by atoms with Gasteiger partial charge in [-0.15, -0.1) is 0 Å². The van der Waals surface area contributed by atoms with Gasteiger partial charge in [0.2, 0.25) is 17.6 Å². The second kappa shape index (κ2) is 5.51. The van der Waals surface area contributed by atoms with Crippen molar-refractivity contribution < 1.29 is 14.5 Å². The maximum atomic E-state index is 11.0. The largest absolute Gasteiger partial charge is 0.481 e. The van der Waals surface area contributed by atoms with E-state index in [2.05, 4.69) is 10.3 Å². The van der Waals surface area contributed by atoms with Crippen molar-refractivity contribution >= 4 is 17.4 Å². The molecule has 0 bridgehead atoms. The predicted octanol–water partition coefficient (Wildman–Crippen LogP) is 1.06. The molecule has 0 fully saturated rings. The zero-order chi connectivity index (χ0) is 14.6. The molecule has 1 amide bonds. The first-order valence-corrected chi connectivity index (χ1v) is 5.51. The molecule has 0 spiro atoms. The van der Waals surface area contributed by atoms with E-state index in [1.54, 1.807) is 13.8 Å². The standard InChI is InChI=1S/C11H16N4O4/c1-11(2,6-8(12)16)14-10-7(15(17)18)4-5-9(13-10)19-3/h4-5H,6H2,1-3H3,(H2,12,16)(H,13,14). The fourth-order valence-corrected chi connectivity index (χ4v) is 1.59. The second-order valence-corrected chi connectivity index (χ2v) is 4.63. The number of ether oxygens (including phenoxy) is 1. The molecule has 0 saturated carbocycles. The zero-order valence-corrected chi connectivity index (χ0v) is 11.0. The second-order valence-electron chi connectivity index (χ2n) is 4.63. The first kappa shape index (κ1) is 14.7. The van der Waals surface area contributed by atoms with Crippen molar-refractivity contribution in [3.8, 4) is 5.88 Å². The van der Waals surface area contributed by atoms with E-state index in [0.717, 1.165) is 0 Å². The van der Waals surface area contributed by atoms with E-state index in [-0.39, 0.29) is 23.8 Å². The van der Waals surface area contributed by atoms with Crippen LogP contribution < -0.4 is 15.8 Å². The Bertz CT molecular complexity index is 501. The number of carbonyl (C=O) groups is 1. The van der Waals surface area contributed by atoms with Crippen molar-refractivity contribution in [3.63, 3.8) is 0 Å². The van der Waals surface area contributed by atoms with Gasteiger partial charge in [-0.3, -0.25) is 14.9 Å². The molecule has 0 radical (unpaired) electrons. The Morgan fingerprint density at radius 1 is 1.58 bits per heavy atom. The zero-order valence-electron chi connectivity index (χ0n) is 11.0. The quantitative estimate of drug-likeness (QED) is 0.588. The molecule has 1 rings (SSSR count). The van der Waals surface area contributed by atoms with E-state index in [1.807, 2.05) is 0 Å². The number of carbonyl (C=O) groups excluding carboxylic acids is 1. The molecule has 0 saturated heterocycles. The summed E-state index contributed by atoms with van der Waals surface area (Å²) in [6.45, 7) is 3.39. The molecule has 3 N–H and O–H groups in total. The molecular formula is C11H16N4O4. The Morgan fingerprint density at radius 3 is 2.68 bits per heavy atom. The van der Waals surface area contributed by atoms with Crippen molar-refractivity contribution in [1.82, 2.24) is 4.98 Å². The van der Waals surface area contributed by atoms with Crippen molar-refractivity contribution in [3.05, 3.63) is 22.2 Å². The first-order valence-electron chi connectivity index (χ1n) is 5.51. The van der Waals surface area contributed by atoms with Crippen LogP contribution in [0, 0.1) is 10.1 Å². The number of hydrogen-bond donors (Lipinski definition) is 2. The molecule has 0 unspecified atom stereocenters. The number of nitrogens with two attached hydrogens (primary N) is 1. The van der Waals surface area contributed by atoms with Crippen molar-refractivity contribution in [1.29, 1.82) is 0 Å². The van der Waals surface area contributed by atoms with E-state index >= 15 is 0 Å². The van der Waals surface area contributed by atoms with Gasteiger partial charge in [0.1, 0.15) is 0 Å². The number of pyridine rings is 1. The van der Waals surface area contributed by atoms with Crippen molar-refractivity contribution in [2.75, 3.05) is 12.4 Å². The predicted molar refractivity (Wildman–Crippen MR) is 69.0 cm³/mol. The summed E-state index contributed by atoms with van der Waals surface area (Å²) in [6.07, 6.45) is 0.0169. The van der Waals surface area contributed by atoms with Crippen LogP contribution in [0.2, 0.25) is 0 Å². The molecule has 0 atom stereocenters. The molecule has 0 aromatic carbocycles. The molecule has 104 valence electrons. The summed E-state index contributed by atoms with van der Waals surface area (Å²) in [6, 6.07) is 2.68. The van der Waals surface area contributed by atoms with Gasteiger partial charge in [-0.1, -0.05) is 0 Å². The minimum Gasteiger partial charge on any atom is -0.481 e. The summed E-state index contributed by atoms with van der Waals surface area (Å²) in [4.78, 5) is 25.3.